The van der Waals surface area contributed by atoms with Crippen LogP contribution in [0, 0.1) is 24.5 Å². The molecule has 8 nitrogen and oxygen atoms in total. The lowest BCUT2D eigenvalue weighted by molar-refractivity contribution is 0.270. The van der Waals surface area contributed by atoms with Gasteiger partial charge in [-0.2, -0.15) is 10.2 Å². The summed E-state index contributed by atoms with van der Waals surface area (Å²) in [5, 5.41) is 15.0. The highest BCUT2D eigenvalue weighted by Crippen LogP contribution is 2.43. The lowest BCUT2D eigenvalue weighted by Gasteiger charge is -2.33. The van der Waals surface area contributed by atoms with Gasteiger partial charge in [-0.15, -0.1) is 11.8 Å². The first-order chi connectivity index (χ1) is 18.2. The van der Waals surface area contributed by atoms with Crippen molar-refractivity contribution >= 4 is 29.1 Å². The van der Waals surface area contributed by atoms with Crippen molar-refractivity contribution in [3.63, 3.8) is 0 Å². The third-order valence-electron chi connectivity index (χ3n) is 6.95. The van der Waals surface area contributed by atoms with E-state index >= 15 is 0 Å². The van der Waals surface area contributed by atoms with Gasteiger partial charge in [-0.3, -0.25) is 9.78 Å². The molecule has 1 aliphatic heterocycles. The minimum absolute atomic E-state index is 0.143. The Balaban J connectivity index is 1.54. The largest absolute Gasteiger partial charge is 0.364 e. The molecule has 38 heavy (non-hydrogen) atoms. The lowest BCUT2D eigenvalue weighted by Crippen LogP contribution is -2.34. The van der Waals surface area contributed by atoms with Gasteiger partial charge in [-0.25, -0.2) is 13.8 Å². The van der Waals surface area contributed by atoms with E-state index in [1.165, 1.54) is 28.8 Å². The van der Waals surface area contributed by atoms with E-state index in [4.69, 9.17) is 4.99 Å². The minimum atomic E-state index is -0.635. The molecule has 2 aromatic heterocycles. The summed E-state index contributed by atoms with van der Waals surface area (Å²) in [5.41, 5.74) is 3.76. The number of allylic oxidation sites excluding steroid dienone is 1. The second kappa shape index (κ2) is 10.6. The molecule has 3 heterocycles. The predicted octanol–water partition coefficient (Wildman–Crippen LogP) is 5.53. The van der Waals surface area contributed by atoms with E-state index < -0.39 is 11.6 Å². The van der Waals surface area contributed by atoms with E-state index in [0.717, 1.165) is 48.6 Å². The first-order valence-electron chi connectivity index (χ1n) is 12.5. The maximum absolute atomic E-state index is 14.9. The number of aliphatic imine (C=N–C) groups is 1. The van der Waals surface area contributed by atoms with Crippen LogP contribution in [0.2, 0.25) is 0 Å². The number of halogens is 2. The Labute approximate surface area is 225 Å². The Morgan fingerprint density at radius 2 is 1.97 bits per heavy atom. The highest BCUT2D eigenvalue weighted by atomic mass is 32.2. The SMILES string of the molecule is C=C(/C(=C(\N=C(/C)N(C)c1c(F)cc(SC)cc1F)Nc1cc(C)[nH]n1)C1CC1)N1CCn2nccc2C1. The number of nitrogens with zero attached hydrogens (tertiary/aromatic N) is 6. The summed E-state index contributed by atoms with van der Waals surface area (Å²) >= 11 is 1.29. The Morgan fingerprint density at radius 3 is 2.61 bits per heavy atom. The number of hydrogen-bond acceptors (Lipinski definition) is 6. The standard InChI is InChI=1S/C27H32F2N8S/c1-16-12-24(34-33-16)32-27(31-18(3)35(4)26-22(28)13-21(38-5)14-23(26)29)25(19-6-7-19)17(2)36-10-11-37-20(15-36)8-9-30-37/h8-9,12-14,19H,2,6-7,10-11,15H2,1,3-5H3,(H2,32,33,34)/b27-25-,31-18+. The van der Waals surface area contributed by atoms with Crippen molar-refractivity contribution in [2.24, 2.45) is 10.9 Å². The van der Waals surface area contributed by atoms with Crippen molar-refractivity contribution < 1.29 is 8.78 Å². The van der Waals surface area contributed by atoms with Crippen molar-refractivity contribution in [2.75, 3.05) is 30.1 Å². The third-order valence-corrected chi connectivity index (χ3v) is 7.65. The molecule has 2 aliphatic rings. The zero-order valence-electron chi connectivity index (χ0n) is 22.1. The van der Waals surface area contributed by atoms with Crippen LogP contribution in [-0.2, 0) is 13.1 Å². The van der Waals surface area contributed by atoms with Crippen LogP contribution in [0.1, 0.15) is 31.2 Å². The summed E-state index contributed by atoms with van der Waals surface area (Å²) in [4.78, 5) is 9.12. The van der Waals surface area contributed by atoms with Crippen LogP contribution < -0.4 is 10.2 Å². The monoisotopic (exact) mass is 538 g/mol. The Morgan fingerprint density at radius 1 is 1.24 bits per heavy atom. The number of rotatable bonds is 8. The van der Waals surface area contributed by atoms with Crippen molar-refractivity contribution in [1.82, 2.24) is 24.9 Å². The fraction of sp³-hybridized carbons (Fsp3) is 0.370. The number of fused-ring (bicyclic) bond motifs is 1. The maximum atomic E-state index is 14.9. The second-order valence-corrected chi connectivity index (χ2v) is 10.5. The van der Waals surface area contributed by atoms with E-state index in [2.05, 4.69) is 32.1 Å². The molecule has 11 heteroatoms. The van der Waals surface area contributed by atoms with Crippen molar-refractivity contribution in [3.05, 3.63) is 77.2 Å². The molecule has 0 amide bonds. The van der Waals surface area contributed by atoms with Gasteiger partial charge < -0.3 is 15.1 Å². The quantitative estimate of drug-likeness (QED) is 0.170. The van der Waals surface area contributed by atoms with E-state index in [-0.39, 0.29) is 11.6 Å². The molecule has 1 aliphatic carbocycles. The van der Waals surface area contributed by atoms with Gasteiger partial charge in [0.05, 0.1) is 18.8 Å². The molecule has 0 radical (unpaired) electrons. The van der Waals surface area contributed by atoms with Crippen molar-refractivity contribution in [1.29, 1.82) is 0 Å². The number of anilines is 2. The molecule has 1 saturated carbocycles. The highest BCUT2D eigenvalue weighted by molar-refractivity contribution is 7.98. The molecule has 1 aromatic carbocycles. The molecule has 200 valence electrons. The Hall–Kier alpha value is -3.60. The van der Waals surface area contributed by atoms with Gasteiger partial charge in [0.25, 0.3) is 0 Å². The van der Waals surface area contributed by atoms with Crippen LogP contribution in [-0.4, -0.2) is 50.6 Å². The average Bonchev–Trinajstić information content (AvgIpc) is 3.45. The van der Waals surface area contributed by atoms with Crippen LogP contribution in [0.25, 0.3) is 0 Å². The molecule has 0 spiro atoms. The van der Waals surface area contributed by atoms with Gasteiger partial charge in [0.15, 0.2) is 17.5 Å². The van der Waals surface area contributed by atoms with Crippen LogP contribution in [0.3, 0.4) is 0 Å². The van der Waals surface area contributed by atoms with E-state index in [9.17, 15) is 8.78 Å². The topological polar surface area (TPSA) is 77.4 Å². The van der Waals surface area contributed by atoms with Crippen molar-refractivity contribution in [2.45, 2.75) is 44.7 Å². The third kappa shape index (κ3) is 5.33. The lowest BCUT2D eigenvalue weighted by atomic mass is 10.1. The molecule has 0 unspecified atom stereocenters. The average molecular weight is 539 g/mol. The Bertz CT molecular complexity index is 1390. The van der Waals surface area contributed by atoms with Gasteiger partial charge in [-0.1, -0.05) is 6.58 Å². The van der Waals surface area contributed by atoms with E-state index in [0.29, 0.717) is 28.9 Å². The van der Waals surface area contributed by atoms with E-state index in [1.807, 2.05) is 29.9 Å². The maximum Gasteiger partial charge on any atom is 0.153 e. The number of hydrogen-bond donors (Lipinski definition) is 2. The van der Waals surface area contributed by atoms with Crippen LogP contribution in [0.5, 0.6) is 0 Å². The van der Waals surface area contributed by atoms with Gasteiger partial charge in [0.1, 0.15) is 17.3 Å². The summed E-state index contributed by atoms with van der Waals surface area (Å²) in [6.45, 7) is 10.4. The van der Waals surface area contributed by atoms with Crippen LogP contribution in [0.4, 0.5) is 20.3 Å². The van der Waals surface area contributed by atoms with Gasteiger partial charge >= 0.3 is 0 Å². The number of benzene rings is 1. The molecular formula is C27H32F2N8S. The predicted molar refractivity (Wildman–Crippen MR) is 148 cm³/mol. The number of H-pyrrole nitrogens is 1. The molecular weight excluding hydrogens is 506 g/mol. The zero-order chi connectivity index (χ0) is 27.0. The van der Waals surface area contributed by atoms with Crippen LogP contribution in [0.15, 0.2) is 64.0 Å². The highest BCUT2D eigenvalue weighted by Gasteiger charge is 2.34. The number of aryl methyl sites for hydroxylation is 1. The summed E-state index contributed by atoms with van der Waals surface area (Å²) in [6, 6.07) is 6.59. The molecule has 0 atom stereocenters. The number of nitrogens with one attached hydrogen (secondary N) is 2. The number of amidine groups is 1. The summed E-state index contributed by atoms with van der Waals surface area (Å²) in [7, 11) is 1.62. The smallest absolute Gasteiger partial charge is 0.153 e. The zero-order valence-corrected chi connectivity index (χ0v) is 22.9. The normalized spacial score (nSPS) is 16.3. The van der Waals surface area contributed by atoms with Crippen LogP contribution >= 0.6 is 11.8 Å². The summed E-state index contributed by atoms with van der Waals surface area (Å²) < 4.78 is 31.9. The summed E-state index contributed by atoms with van der Waals surface area (Å²) in [6.07, 6.45) is 5.65. The molecule has 3 aromatic rings. The number of thioether (sulfide) groups is 1. The molecule has 0 bridgehead atoms. The molecule has 2 N–H and O–H groups in total. The first-order valence-corrected chi connectivity index (χ1v) is 13.8. The van der Waals surface area contributed by atoms with Gasteiger partial charge in [0.2, 0.25) is 0 Å². The van der Waals surface area contributed by atoms with Gasteiger partial charge in [0, 0.05) is 47.7 Å². The Kier molecular flexibility index (Phi) is 7.29. The first kappa shape index (κ1) is 26.0. The molecule has 0 saturated heterocycles. The van der Waals surface area contributed by atoms with E-state index in [1.54, 1.807) is 20.2 Å². The van der Waals surface area contributed by atoms with Crippen molar-refractivity contribution in [3.8, 4) is 0 Å². The number of aromatic nitrogens is 4. The molecule has 1 fully saturated rings. The fourth-order valence-electron chi connectivity index (χ4n) is 4.66. The second-order valence-electron chi connectivity index (χ2n) is 9.67. The number of aromatic amines is 1. The minimum Gasteiger partial charge on any atom is -0.364 e. The fourth-order valence-corrected chi connectivity index (χ4v) is 5.10. The summed E-state index contributed by atoms with van der Waals surface area (Å²) in [5.74, 6) is 0.634. The molecule has 5 rings (SSSR count). The van der Waals surface area contributed by atoms with Gasteiger partial charge in [-0.05, 0) is 57.1 Å².